The van der Waals surface area contributed by atoms with E-state index in [1.165, 1.54) is 0 Å². The molecule has 1 atom stereocenters. The van der Waals surface area contributed by atoms with Gasteiger partial charge in [-0.3, -0.25) is 9.59 Å². The molecule has 3 nitrogen and oxygen atoms in total. The Morgan fingerprint density at radius 2 is 1.88 bits per heavy atom. The summed E-state index contributed by atoms with van der Waals surface area (Å²) in [5.74, 6) is -2.00. The molecule has 0 aromatic heterocycles. The molecule has 0 aliphatic heterocycles. The van der Waals surface area contributed by atoms with Crippen LogP contribution in [0.25, 0.3) is 0 Å². The molecule has 0 aliphatic carbocycles. The lowest BCUT2D eigenvalue weighted by Crippen LogP contribution is -2.37. The van der Waals surface area contributed by atoms with Gasteiger partial charge in [-0.25, -0.2) is 0 Å². The fourth-order valence-electron chi connectivity index (χ4n) is 1.31. The molecule has 0 saturated heterocycles. The highest BCUT2D eigenvalue weighted by molar-refractivity contribution is 6.27. The van der Waals surface area contributed by atoms with Crippen LogP contribution in [0.2, 0.25) is 0 Å². The lowest BCUT2D eigenvalue weighted by Gasteiger charge is -2.17. The maximum Gasteiger partial charge on any atom is 0.315 e. The lowest BCUT2D eigenvalue weighted by atomic mass is 9.94. The van der Waals surface area contributed by atoms with Crippen molar-refractivity contribution in [2.24, 2.45) is 11.8 Å². The molecular weight excluding hydrogens is 240 g/mol. The van der Waals surface area contributed by atoms with Crippen molar-refractivity contribution in [2.45, 2.75) is 26.7 Å². The van der Waals surface area contributed by atoms with Crippen LogP contribution in [0.4, 0.5) is 8.78 Å². The molecule has 0 saturated carbocycles. The minimum Gasteiger partial charge on any atom is -0.350 e. The Morgan fingerprint density at radius 1 is 1.31 bits per heavy atom. The predicted molar refractivity (Wildman–Crippen MR) is 57.7 cm³/mol. The lowest BCUT2D eigenvalue weighted by molar-refractivity contribution is -0.132. The zero-order valence-electron chi connectivity index (χ0n) is 9.30. The molecular formula is C10H16ClF2NO2. The topological polar surface area (TPSA) is 46.2 Å². The first kappa shape index (κ1) is 15.3. The van der Waals surface area contributed by atoms with Gasteiger partial charge in [0.15, 0.2) is 5.78 Å². The Morgan fingerprint density at radius 3 is 2.25 bits per heavy atom. The zero-order chi connectivity index (χ0) is 12.7. The van der Waals surface area contributed by atoms with Gasteiger partial charge in [0.1, 0.15) is 0 Å². The van der Waals surface area contributed by atoms with Gasteiger partial charge in [-0.1, -0.05) is 13.8 Å². The number of hydrogen-bond acceptors (Lipinski definition) is 2. The first-order chi connectivity index (χ1) is 7.38. The predicted octanol–water partition coefficient (Wildman–Crippen LogP) is 1.84. The highest BCUT2D eigenvalue weighted by atomic mass is 35.5. The van der Waals surface area contributed by atoms with Crippen LogP contribution >= 0.6 is 11.6 Å². The smallest absolute Gasteiger partial charge is 0.315 e. The quantitative estimate of drug-likeness (QED) is 0.706. The van der Waals surface area contributed by atoms with Gasteiger partial charge in [0.25, 0.3) is 5.91 Å². The second-order valence-electron chi connectivity index (χ2n) is 3.97. The minimum atomic E-state index is -3.05. The van der Waals surface area contributed by atoms with Crippen molar-refractivity contribution < 1.29 is 18.4 Å². The molecule has 94 valence electrons. The van der Waals surface area contributed by atoms with E-state index in [2.05, 4.69) is 0 Å². The van der Waals surface area contributed by atoms with Crippen molar-refractivity contribution in [2.75, 3.05) is 12.4 Å². The third kappa shape index (κ3) is 6.00. The molecule has 16 heavy (non-hydrogen) atoms. The Balaban J connectivity index is 4.22. The Bertz CT molecular complexity index is 247. The molecule has 1 amide bonds. The highest BCUT2D eigenvalue weighted by Gasteiger charge is 2.22. The molecule has 0 radical (unpaired) electrons. The summed E-state index contributed by atoms with van der Waals surface area (Å²) in [6, 6.07) is 0. The van der Waals surface area contributed by atoms with Gasteiger partial charge in [-0.15, -0.1) is 11.6 Å². The standard InChI is InChI=1S/C10H16ClF2NO2/c1-6(2)3-7(8(15)4-11)5-14-10(16)9(12)13/h6-7,9H,3-5H2,1-2H3,(H,14,16). The fourth-order valence-corrected chi connectivity index (χ4v) is 1.53. The molecule has 6 heteroatoms. The summed E-state index contributed by atoms with van der Waals surface area (Å²) in [5.41, 5.74) is 0. The van der Waals surface area contributed by atoms with Crippen LogP contribution < -0.4 is 5.32 Å². The van der Waals surface area contributed by atoms with E-state index in [9.17, 15) is 18.4 Å². The van der Waals surface area contributed by atoms with E-state index in [1.54, 1.807) is 0 Å². The Kier molecular flexibility index (Phi) is 7.21. The number of alkyl halides is 3. The number of amides is 1. The molecule has 0 bridgehead atoms. The number of ketones is 1. The summed E-state index contributed by atoms with van der Waals surface area (Å²) in [5, 5.41) is 2.03. The van der Waals surface area contributed by atoms with Gasteiger partial charge in [-0.05, 0) is 12.3 Å². The highest BCUT2D eigenvalue weighted by Crippen LogP contribution is 2.13. The number of carbonyl (C=O) groups is 2. The van der Waals surface area contributed by atoms with Gasteiger partial charge in [-0.2, -0.15) is 8.78 Å². The monoisotopic (exact) mass is 255 g/mol. The summed E-state index contributed by atoms with van der Waals surface area (Å²) in [6.45, 7) is 3.74. The summed E-state index contributed by atoms with van der Waals surface area (Å²) in [6.07, 6.45) is -2.53. The molecule has 0 aromatic rings. The summed E-state index contributed by atoms with van der Waals surface area (Å²) in [4.78, 5) is 22.0. The van der Waals surface area contributed by atoms with Crippen LogP contribution in [0, 0.1) is 11.8 Å². The van der Waals surface area contributed by atoms with Gasteiger partial charge in [0.2, 0.25) is 0 Å². The number of nitrogens with one attached hydrogen (secondary N) is 1. The van der Waals surface area contributed by atoms with E-state index in [-0.39, 0.29) is 24.1 Å². The molecule has 0 fully saturated rings. The van der Waals surface area contributed by atoms with Crippen molar-refractivity contribution >= 4 is 23.3 Å². The SMILES string of the molecule is CC(C)CC(CNC(=O)C(F)F)C(=O)CCl. The third-order valence-corrected chi connectivity index (χ3v) is 2.33. The Hall–Kier alpha value is -0.710. The van der Waals surface area contributed by atoms with Gasteiger partial charge < -0.3 is 5.32 Å². The van der Waals surface area contributed by atoms with Crippen LogP contribution in [0.15, 0.2) is 0 Å². The van der Waals surface area contributed by atoms with Crippen molar-refractivity contribution in [3.05, 3.63) is 0 Å². The third-order valence-electron chi connectivity index (χ3n) is 2.06. The molecule has 0 spiro atoms. The Labute approximate surface area is 98.5 Å². The van der Waals surface area contributed by atoms with Gasteiger partial charge >= 0.3 is 6.43 Å². The molecule has 1 unspecified atom stereocenters. The average Bonchev–Trinajstić information content (AvgIpc) is 2.21. The van der Waals surface area contributed by atoms with E-state index in [0.29, 0.717) is 6.42 Å². The van der Waals surface area contributed by atoms with Crippen molar-refractivity contribution in [1.29, 1.82) is 0 Å². The fraction of sp³-hybridized carbons (Fsp3) is 0.800. The van der Waals surface area contributed by atoms with Crippen LogP contribution in [0.3, 0.4) is 0 Å². The second-order valence-corrected chi connectivity index (χ2v) is 4.24. The normalized spacial score (nSPS) is 12.9. The van der Waals surface area contributed by atoms with Crippen molar-refractivity contribution in [3.8, 4) is 0 Å². The van der Waals surface area contributed by atoms with Crippen molar-refractivity contribution in [1.82, 2.24) is 5.32 Å². The van der Waals surface area contributed by atoms with Gasteiger partial charge in [0.05, 0.1) is 5.88 Å². The molecule has 1 N–H and O–H groups in total. The number of halogens is 3. The first-order valence-corrected chi connectivity index (χ1v) is 5.56. The molecule has 0 aromatic carbocycles. The van der Waals surface area contributed by atoms with Gasteiger partial charge in [0, 0.05) is 12.5 Å². The summed E-state index contributed by atoms with van der Waals surface area (Å²) in [7, 11) is 0. The van der Waals surface area contributed by atoms with Crippen LogP contribution in [-0.4, -0.2) is 30.5 Å². The van der Waals surface area contributed by atoms with Crippen LogP contribution in [-0.2, 0) is 9.59 Å². The summed E-state index contributed by atoms with van der Waals surface area (Å²) < 4.78 is 23.8. The van der Waals surface area contributed by atoms with E-state index in [0.717, 1.165) is 0 Å². The van der Waals surface area contributed by atoms with E-state index in [1.807, 2.05) is 19.2 Å². The number of rotatable bonds is 7. The van der Waals surface area contributed by atoms with Crippen molar-refractivity contribution in [3.63, 3.8) is 0 Å². The second kappa shape index (κ2) is 7.54. The zero-order valence-corrected chi connectivity index (χ0v) is 10.1. The molecule has 0 rings (SSSR count). The van der Waals surface area contributed by atoms with Crippen LogP contribution in [0.5, 0.6) is 0 Å². The van der Waals surface area contributed by atoms with E-state index < -0.39 is 18.3 Å². The van der Waals surface area contributed by atoms with E-state index >= 15 is 0 Å². The summed E-state index contributed by atoms with van der Waals surface area (Å²) >= 11 is 5.40. The maximum absolute atomic E-state index is 11.9. The number of Topliss-reactive ketones (excluding diaryl/α,β-unsaturated/α-hetero) is 1. The molecule has 0 aliphatic rings. The molecule has 0 heterocycles. The van der Waals surface area contributed by atoms with E-state index in [4.69, 9.17) is 11.6 Å². The average molecular weight is 256 g/mol. The number of hydrogen-bond donors (Lipinski definition) is 1. The minimum absolute atomic E-state index is 0.0765. The first-order valence-electron chi connectivity index (χ1n) is 5.03. The number of carbonyl (C=O) groups excluding carboxylic acids is 2. The largest absolute Gasteiger partial charge is 0.350 e. The maximum atomic E-state index is 11.9. The van der Waals surface area contributed by atoms with Crippen LogP contribution in [0.1, 0.15) is 20.3 Å².